The minimum absolute atomic E-state index is 0.00752. The highest BCUT2D eigenvalue weighted by molar-refractivity contribution is 7.89. The molecular formula is C40H58N8O9S. The van der Waals surface area contributed by atoms with Gasteiger partial charge in [0, 0.05) is 12.4 Å². The van der Waals surface area contributed by atoms with Crippen molar-refractivity contribution in [2.45, 2.75) is 122 Å². The second-order valence-corrected chi connectivity index (χ2v) is 16.9. The molecule has 58 heavy (non-hydrogen) atoms. The predicted octanol–water partition coefficient (Wildman–Crippen LogP) is 1.83. The Morgan fingerprint density at radius 3 is 2.03 bits per heavy atom. The number of sulfonamides is 1. The number of rotatable bonds is 22. The number of carbonyl (C=O) groups is 7. The van der Waals surface area contributed by atoms with Gasteiger partial charge in [0.25, 0.3) is 17.7 Å². The summed E-state index contributed by atoms with van der Waals surface area (Å²) >= 11 is 0. The predicted molar refractivity (Wildman–Crippen MR) is 215 cm³/mol. The summed E-state index contributed by atoms with van der Waals surface area (Å²) in [6, 6.07) is 3.59. The largest absolute Gasteiger partial charge is 0.344 e. The van der Waals surface area contributed by atoms with Crippen LogP contribution in [0.2, 0.25) is 0 Å². The minimum atomic E-state index is -4.09. The maximum atomic E-state index is 14.0. The van der Waals surface area contributed by atoms with E-state index in [4.69, 9.17) is 0 Å². The molecule has 1 aliphatic carbocycles. The Balaban J connectivity index is 1.71. The second-order valence-electron chi connectivity index (χ2n) is 15.2. The summed E-state index contributed by atoms with van der Waals surface area (Å²) in [5, 5.41) is 13.0. The SMILES string of the molecule is CC[C@H](NC(=O)[C@H](CC1CCCCC1)NC(=O)C(NC(=O)[C@H](CC(C)C)NC(=O)c1cnccn1)[C@@H](C)CC)C(=O)C(=O)NCC(=O)NS(=O)(=O)Cc1ccccc1. The van der Waals surface area contributed by atoms with Gasteiger partial charge < -0.3 is 26.6 Å². The van der Waals surface area contributed by atoms with Gasteiger partial charge >= 0.3 is 0 Å². The Labute approximate surface area is 340 Å². The van der Waals surface area contributed by atoms with Crippen molar-refractivity contribution in [2.75, 3.05) is 6.54 Å². The lowest BCUT2D eigenvalue weighted by atomic mass is 9.84. The van der Waals surface area contributed by atoms with E-state index in [0.29, 0.717) is 12.0 Å². The number of nitrogens with zero attached hydrogens (tertiary/aromatic N) is 2. The Kier molecular flexibility index (Phi) is 18.9. The van der Waals surface area contributed by atoms with Gasteiger partial charge in [0.15, 0.2) is 0 Å². The van der Waals surface area contributed by atoms with E-state index in [-0.39, 0.29) is 36.8 Å². The maximum Gasteiger partial charge on any atom is 0.290 e. The van der Waals surface area contributed by atoms with Crippen LogP contribution in [-0.2, 0) is 44.5 Å². The summed E-state index contributed by atoms with van der Waals surface area (Å²) in [5.41, 5.74) is 0.464. The average molecular weight is 827 g/mol. The van der Waals surface area contributed by atoms with Crippen molar-refractivity contribution in [2.24, 2.45) is 17.8 Å². The first-order valence-corrected chi connectivity index (χ1v) is 21.6. The molecule has 1 aromatic heterocycles. The van der Waals surface area contributed by atoms with Gasteiger partial charge in [-0.2, -0.15) is 0 Å². The fourth-order valence-electron chi connectivity index (χ4n) is 6.63. The van der Waals surface area contributed by atoms with E-state index >= 15 is 0 Å². The fraction of sp³-hybridized carbons (Fsp3) is 0.575. The fourth-order valence-corrected chi connectivity index (χ4v) is 7.75. The molecule has 1 saturated carbocycles. The van der Waals surface area contributed by atoms with Gasteiger partial charge in [-0.3, -0.25) is 43.3 Å². The van der Waals surface area contributed by atoms with Crippen molar-refractivity contribution >= 4 is 51.2 Å². The van der Waals surface area contributed by atoms with Crippen molar-refractivity contribution in [1.29, 1.82) is 0 Å². The molecule has 0 saturated heterocycles. The molecule has 5 atom stereocenters. The van der Waals surface area contributed by atoms with Crippen LogP contribution in [0, 0.1) is 17.8 Å². The van der Waals surface area contributed by atoms with Gasteiger partial charge in [-0.25, -0.2) is 13.4 Å². The van der Waals surface area contributed by atoms with E-state index in [1.807, 2.05) is 25.5 Å². The molecule has 1 aromatic carbocycles. The van der Waals surface area contributed by atoms with Crippen LogP contribution >= 0.6 is 0 Å². The van der Waals surface area contributed by atoms with Crippen LogP contribution in [0.4, 0.5) is 0 Å². The number of ketones is 1. The van der Waals surface area contributed by atoms with Crippen molar-refractivity contribution < 1.29 is 42.0 Å². The highest BCUT2D eigenvalue weighted by Gasteiger charge is 2.35. The maximum absolute atomic E-state index is 14.0. The highest BCUT2D eigenvalue weighted by atomic mass is 32.2. The van der Waals surface area contributed by atoms with Gasteiger partial charge in [0.2, 0.25) is 33.5 Å². The first-order chi connectivity index (χ1) is 27.5. The van der Waals surface area contributed by atoms with Crippen LogP contribution in [0.15, 0.2) is 48.9 Å². The van der Waals surface area contributed by atoms with Crippen LogP contribution in [0.25, 0.3) is 0 Å². The first kappa shape index (κ1) is 47.1. The Bertz CT molecular complexity index is 1820. The smallest absolute Gasteiger partial charge is 0.290 e. The number of Topliss-reactive ketones (excluding diaryl/α,β-unsaturated/α-hetero) is 1. The van der Waals surface area contributed by atoms with Gasteiger partial charge in [-0.05, 0) is 42.6 Å². The van der Waals surface area contributed by atoms with E-state index < -0.39 is 93.6 Å². The number of benzene rings is 1. The van der Waals surface area contributed by atoms with Crippen molar-refractivity contribution in [3.05, 3.63) is 60.2 Å². The molecule has 17 nitrogen and oxygen atoms in total. The molecule has 6 amide bonds. The lowest BCUT2D eigenvalue weighted by Gasteiger charge is -2.31. The number of carbonyl (C=O) groups excluding carboxylic acids is 7. The molecule has 1 aliphatic rings. The van der Waals surface area contributed by atoms with Crippen molar-refractivity contribution in [3.8, 4) is 0 Å². The van der Waals surface area contributed by atoms with E-state index in [0.717, 1.165) is 32.1 Å². The third-order valence-electron chi connectivity index (χ3n) is 9.99. The second kappa shape index (κ2) is 23.2. The molecule has 18 heteroatoms. The Morgan fingerprint density at radius 2 is 1.43 bits per heavy atom. The zero-order valence-corrected chi connectivity index (χ0v) is 34.7. The van der Waals surface area contributed by atoms with E-state index in [1.165, 1.54) is 18.6 Å². The monoisotopic (exact) mass is 826 g/mol. The van der Waals surface area contributed by atoms with Gasteiger partial charge in [0.1, 0.15) is 23.8 Å². The van der Waals surface area contributed by atoms with Gasteiger partial charge in [-0.1, -0.05) is 103 Å². The summed E-state index contributed by atoms with van der Waals surface area (Å²) in [5.74, 6) is -6.66. The average Bonchev–Trinajstić information content (AvgIpc) is 3.20. The summed E-state index contributed by atoms with van der Waals surface area (Å²) in [7, 11) is -4.09. The highest BCUT2D eigenvalue weighted by Crippen LogP contribution is 2.27. The summed E-state index contributed by atoms with van der Waals surface area (Å²) in [6.45, 7) is 8.16. The molecule has 0 bridgehead atoms. The van der Waals surface area contributed by atoms with Gasteiger partial charge in [0.05, 0.1) is 24.5 Å². The van der Waals surface area contributed by atoms with Crippen LogP contribution in [0.5, 0.6) is 0 Å². The lowest BCUT2D eigenvalue weighted by Crippen LogP contribution is -2.60. The number of hydrogen-bond acceptors (Lipinski definition) is 11. The molecular weight excluding hydrogens is 769 g/mol. The van der Waals surface area contributed by atoms with Crippen molar-refractivity contribution in [3.63, 3.8) is 0 Å². The molecule has 1 heterocycles. The summed E-state index contributed by atoms with van der Waals surface area (Å²) in [4.78, 5) is 101. The van der Waals surface area contributed by atoms with E-state index in [1.54, 1.807) is 44.2 Å². The molecule has 318 valence electrons. The molecule has 6 N–H and O–H groups in total. The molecule has 1 unspecified atom stereocenters. The zero-order valence-electron chi connectivity index (χ0n) is 33.9. The van der Waals surface area contributed by atoms with E-state index in [2.05, 4.69) is 36.6 Å². The number of nitrogens with one attached hydrogen (secondary N) is 6. The van der Waals surface area contributed by atoms with Crippen molar-refractivity contribution in [1.82, 2.24) is 41.3 Å². The molecule has 2 aromatic rings. The Morgan fingerprint density at radius 1 is 0.776 bits per heavy atom. The topological polar surface area (TPSA) is 252 Å². The third kappa shape index (κ3) is 15.6. The quantitative estimate of drug-likeness (QED) is 0.0935. The summed E-state index contributed by atoms with van der Waals surface area (Å²) in [6.07, 6.45) is 9.64. The lowest BCUT2D eigenvalue weighted by molar-refractivity contribution is -0.141. The van der Waals surface area contributed by atoms with Crippen LogP contribution in [-0.4, -0.2) is 90.3 Å². The standard InChI is InChI=1S/C40H58N8O9S/c1-6-26(5)34(47-37(52)30(20-25(3)4)45-38(53)32-22-41-18-19-42-32)39(54)46-31(21-27-14-10-8-11-15-27)36(51)44-29(7-2)35(50)40(55)43-23-33(49)48-58(56,57)24-28-16-12-9-13-17-28/h9,12-13,16-19,22,25-27,29-31,34H,6-8,10-11,14-15,20-21,23-24H2,1-5H3,(H,43,55)(H,44,51)(H,45,53)(H,46,54)(H,47,52)(H,48,49)/t26-,29-,30-,31-,34?/m0/s1. The minimum Gasteiger partial charge on any atom is -0.344 e. The molecule has 3 rings (SSSR count). The van der Waals surface area contributed by atoms with Crippen LogP contribution in [0.3, 0.4) is 0 Å². The normalized spacial score (nSPS) is 15.8. The first-order valence-electron chi connectivity index (χ1n) is 19.9. The van der Waals surface area contributed by atoms with Crippen LogP contribution in [0.1, 0.15) is 108 Å². The zero-order chi connectivity index (χ0) is 42.8. The number of aromatic nitrogens is 2. The van der Waals surface area contributed by atoms with Crippen LogP contribution < -0.4 is 31.3 Å². The van der Waals surface area contributed by atoms with E-state index in [9.17, 15) is 42.0 Å². The summed E-state index contributed by atoms with van der Waals surface area (Å²) < 4.78 is 26.7. The Hall–Kier alpha value is -5.26. The number of hydrogen-bond donors (Lipinski definition) is 6. The molecule has 0 radical (unpaired) electrons. The number of amides is 6. The molecule has 0 aliphatic heterocycles. The molecule has 1 fully saturated rings. The third-order valence-corrected chi connectivity index (χ3v) is 11.2. The molecule has 0 spiro atoms. The van der Waals surface area contributed by atoms with Gasteiger partial charge in [-0.15, -0.1) is 0 Å².